The molecule has 0 spiro atoms. The van der Waals surface area contributed by atoms with Crippen molar-refractivity contribution in [1.29, 1.82) is 0 Å². The number of nitrogens with one attached hydrogen (secondary N) is 2. The van der Waals surface area contributed by atoms with Crippen LogP contribution in [0.4, 0.5) is 10.2 Å². The quantitative estimate of drug-likeness (QED) is 0.627. The van der Waals surface area contributed by atoms with Gasteiger partial charge in [0.05, 0.1) is 6.20 Å². The number of hydrazine groups is 1. The third-order valence-electron chi connectivity index (χ3n) is 1.29. The predicted octanol–water partition coefficient (Wildman–Crippen LogP) is 1.08. The number of rotatable bonds is 2. The van der Waals surface area contributed by atoms with Gasteiger partial charge in [-0.05, 0) is 18.6 Å². The van der Waals surface area contributed by atoms with Gasteiger partial charge in [0.15, 0.2) is 0 Å². The summed E-state index contributed by atoms with van der Waals surface area (Å²) in [5, 5.41) is 0. The average Bonchev–Trinajstić information content (AvgIpc) is 1.95. The Morgan fingerprint density at radius 3 is 2.82 bits per heavy atom. The summed E-state index contributed by atoms with van der Waals surface area (Å²) in [5.41, 5.74) is 6.26. The van der Waals surface area contributed by atoms with E-state index in [1.165, 1.54) is 12.3 Å². The van der Waals surface area contributed by atoms with Crippen LogP contribution >= 0.6 is 0 Å². The molecule has 0 aliphatic heterocycles. The van der Waals surface area contributed by atoms with E-state index in [2.05, 4.69) is 15.8 Å². The first kappa shape index (κ1) is 7.94. The summed E-state index contributed by atoms with van der Waals surface area (Å²) in [5.74, 6) is 0.332. The zero-order valence-corrected chi connectivity index (χ0v) is 6.48. The normalized spacial score (nSPS) is 9.73. The van der Waals surface area contributed by atoms with Gasteiger partial charge in [0.1, 0.15) is 11.6 Å². The molecule has 2 N–H and O–H groups in total. The second-order valence-electron chi connectivity index (χ2n) is 2.19. The van der Waals surface area contributed by atoms with Crippen molar-refractivity contribution >= 4 is 5.82 Å². The fourth-order valence-electron chi connectivity index (χ4n) is 0.790. The van der Waals surface area contributed by atoms with E-state index in [-0.39, 0.29) is 5.82 Å². The molecule has 1 aromatic rings. The second-order valence-corrected chi connectivity index (χ2v) is 2.19. The fraction of sp³-hybridized carbons (Fsp3) is 0.286. The van der Waals surface area contributed by atoms with Gasteiger partial charge in [-0.2, -0.15) is 0 Å². The molecular formula is C7H10FN3. The molecule has 0 aromatic carbocycles. The first-order valence-corrected chi connectivity index (χ1v) is 3.29. The van der Waals surface area contributed by atoms with Crippen LogP contribution in [-0.2, 0) is 0 Å². The predicted molar refractivity (Wildman–Crippen MR) is 41.6 cm³/mol. The number of nitrogens with zero attached hydrogens (tertiary/aromatic N) is 1. The van der Waals surface area contributed by atoms with Gasteiger partial charge in [0, 0.05) is 7.05 Å². The van der Waals surface area contributed by atoms with Crippen molar-refractivity contribution in [2.24, 2.45) is 0 Å². The van der Waals surface area contributed by atoms with Crippen LogP contribution in [0.25, 0.3) is 0 Å². The van der Waals surface area contributed by atoms with E-state index in [1.807, 2.05) is 0 Å². The molecule has 0 saturated carbocycles. The van der Waals surface area contributed by atoms with Crippen LogP contribution in [0.15, 0.2) is 12.3 Å². The average molecular weight is 155 g/mol. The van der Waals surface area contributed by atoms with Gasteiger partial charge in [-0.3, -0.25) is 0 Å². The lowest BCUT2D eigenvalue weighted by Crippen LogP contribution is -2.16. The van der Waals surface area contributed by atoms with Crippen molar-refractivity contribution in [2.45, 2.75) is 6.92 Å². The standard InChI is InChI=1S/C7H10FN3/c1-5-3-6(8)4-10-7(5)11-9-2/h3-4,9H,1-2H3,(H,10,11). The Kier molecular flexibility index (Phi) is 2.38. The molecule has 0 fully saturated rings. The monoisotopic (exact) mass is 155 g/mol. The zero-order valence-electron chi connectivity index (χ0n) is 6.48. The maximum Gasteiger partial charge on any atom is 0.143 e. The van der Waals surface area contributed by atoms with Gasteiger partial charge < -0.3 is 5.43 Å². The molecule has 0 aliphatic rings. The minimum Gasteiger partial charge on any atom is -0.306 e. The van der Waals surface area contributed by atoms with E-state index >= 15 is 0 Å². The minimum atomic E-state index is -0.316. The number of hydrogen-bond donors (Lipinski definition) is 2. The lowest BCUT2D eigenvalue weighted by Gasteiger charge is -2.05. The van der Waals surface area contributed by atoms with Crippen molar-refractivity contribution in [3.63, 3.8) is 0 Å². The lowest BCUT2D eigenvalue weighted by molar-refractivity contribution is 0.620. The minimum absolute atomic E-state index is 0.316. The second kappa shape index (κ2) is 3.30. The Morgan fingerprint density at radius 2 is 2.27 bits per heavy atom. The molecule has 1 rings (SSSR count). The Bertz CT molecular complexity index is 249. The number of aromatic nitrogens is 1. The van der Waals surface area contributed by atoms with Crippen molar-refractivity contribution in [3.8, 4) is 0 Å². The highest BCUT2D eigenvalue weighted by Gasteiger charge is 1.98. The summed E-state index contributed by atoms with van der Waals surface area (Å²) in [6, 6.07) is 1.42. The molecule has 1 aromatic heterocycles. The Labute approximate surface area is 64.6 Å². The van der Waals surface area contributed by atoms with Gasteiger partial charge in [-0.15, -0.1) is 0 Å². The van der Waals surface area contributed by atoms with E-state index in [0.29, 0.717) is 5.82 Å². The molecule has 0 radical (unpaired) electrons. The molecule has 60 valence electrons. The molecule has 4 heteroatoms. The molecule has 0 aliphatic carbocycles. The van der Waals surface area contributed by atoms with E-state index in [0.717, 1.165) is 5.56 Å². The Balaban J connectivity index is 2.90. The summed E-state index contributed by atoms with van der Waals surface area (Å²) < 4.78 is 12.5. The van der Waals surface area contributed by atoms with Crippen molar-refractivity contribution in [1.82, 2.24) is 10.4 Å². The molecule has 0 amide bonds. The Morgan fingerprint density at radius 1 is 1.55 bits per heavy atom. The highest BCUT2D eigenvalue weighted by Crippen LogP contribution is 2.09. The largest absolute Gasteiger partial charge is 0.306 e. The van der Waals surface area contributed by atoms with Crippen molar-refractivity contribution in [3.05, 3.63) is 23.6 Å². The fourth-order valence-corrected chi connectivity index (χ4v) is 0.790. The molecule has 0 bridgehead atoms. The summed E-state index contributed by atoms with van der Waals surface area (Å²) in [7, 11) is 1.73. The van der Waals surface area contributed by atoms with Crippen LogP contribution in [-0.4, -0.2) is 12.0 Å². The molecular weight excluding hydrogens is 145 g/mol. The van der Waals surface area contributed by atoms with Crippen LogP contribution in [0.3, 0.4) is 0 Å². The van der Waals surface area contributed by atoms with Gasteiger partial charge in [-0.25, -0.2) is 14.8 Å². The third kappa shape index (κ3) is 1.88. The zero-order chi connectivity index (χ0) is 8.27. The highest BCUT2D eigenvalue weighted by atomic mass is 19.1. The smallest absolute Gasteiger partial charge is 0.143 e. The van der Waals surface area contributed by atoms with E-state index in [9.17, 15) is 4.39 Å². The summed E-state index contributed by atoms with van der Waals surface area (Å²) in [6.07, 6.45) is 1.17. The van der Waals surface area contributed by atoms with Crippen LogP contribution in [0.5, 0.6) is 0 Å². The maximum atomic E-state index is 12.5. The first-order valence-electron chi connectivity index (χ1n) is 3.29. The Hall–Kier alpha value is -1.16. The van der Waals surface area contributed by atoms with Crippen LogP contribution in [0.2, 0.25) is 0 Å². The number of anilines is 1. The third-order valence-corrected chi connectivity index (χ3v) is 1.29. The number of aryl methyl sites for hydroxylation is 1. The van der Waals surface area contributed by atoms with Crippen LogP contribution in [0.1, 0.15) is 5.56 Å². The lowest BCUT2D eigenvalue weighted by atomic mass is 10.3. The summed E-state index contributed by atoms with van der Waals surface area (Å²) in [6.45, 7) is 1.79. The molecule has 3 nitrogen and oxygen atoms in total. The van der Waals surface area contributed by atoms with Gasteiger partial charge in [0.2, 0.25) is 0 Å². The van der Waals surface area contributed by atoms with E-state index in [4.69, 9.17) is 0 Å². The van der Waals surface area contributed by atoms with Crippen LogP contribution < -0.4 is 10.9 Å². The first-order chi connectivity index (χ1) is 5.24. The van der Waals surface area contributed by atoms with E-state index < -0.39 is 0 Å². The van der Waals surface area contributed by atoms with Gasteiger partial charge in [-0.1, -0.05) is 0 Å². The SMILES string of the molecule is CNNc1ncc(F)cc1C. The highest BCUT2D eigenvalue weighted by molar-refractivity contribution is 5.41. The van der Waals surface area contributed by atoms with Crippen LogP contribution in [0, 0.1) is 12.7 Å². The van der Waals surface area contributed by atoms with Crippen molar-refractivity contribution < 1.29 is 4.39 Å². The molecule has 0 atom stereocenters. The number of halogens is 1. The van der Waals surface area contributed by atoms with Gasteiger partial charge in [0.25, 0.3) is 0 Å². The maximum absolute atomic E-state index is 12.5. The van der Waals surface area contributed by atoms with Crippen molar-refractivity contribution in [2.75, 3.05) is 12.5 Å². The molecule has 0 saturated heterocycles. The molecule has 1 heterocycles. The summed E-state index contributed by atoms with van der Waals surface area (Å²) in [4.78, 5) is 3.82. The number of pyridine rings is 1. The molecule has 11 heavy (non-hydrogen) atoms. The summed E-state index contributed by atoms with van der Waals surface area (Å²) >= 11 is 0. The molecule has 0 unspecified atom stereocenters. The van der Waals surface area contributed by atoms with E-state index in [1.54, 1.807) is 14.0 Å². The topological polar surface area (TPSA) is 37.0 Å². The van der Waals surface area contributed by atoms with Gasteiger partial charge >= 0.3 is 0 Å². The number of hydrogen-bond acceptors (Lipinski definition) is 3.